The largest absolute Gasteiger partial charge is 0.378 e. The Labute approximate surface area is 292 Å². The van der Waals surface area contributed by atoms with Crippen molar-refractivity contribution < 1.29 is 19.8 Å². The molecule has 5 rings (SSSR count). The maximum atomic E-state index is 15.4. The van der Waals surface area contributed by atoms with E-state index in [1.807, 2.05) is 152 Å². The fourth-order valence-electron chi connectivity index (χ4n) is 7.62. The molecule has 4 aromatic carbocycles. The third kappa shape index (κ3) is 6.44. The predicted octanol–water partition coefficient (Wildman–Crippen LogP) is 7.24. The Bertz CT molecular complexity index is 1570. The average molecular weight is 661 g/mol. The van der Waals surface area contributed by atoms with E-state index in [9.17, 15) is 15.0 Å². The second-order valence-corrected chi connectivity index (χ2v) is 15.0. The number of primary amides is 1. The van der Waals surface area contributed by atoms with Gasteiger partial charge in [0.15, 0.2) is 0 Å². The van der Waals surface area contributed by atoms with Gasteiger partial charge in [-0.1, -0.05) is 147 Å². The zero-order valence-electron chi connectivity index (χ0n) is 30.2. The molecule has 0 aliphatic heterocycles. The first kappa shape index (κ1) is 36.0. The SMILES string of the molecule is Cc1ccc(C(O)(c2ccc(C)cc2)[C@@H](C(C)C)N(C(=O)C2(C(N)=O)CC2)[C@H](C(C)C)C(O)(c2ccc(C)cc2)c2ccc(C)cc2)cc1. The molecule has 0 aromatic heterocycles. The van der Waals surface area contributed by atoms with E-state index in [4.69, 9.17) is 5.73 Å². The van der Waals surface area contributed by atoms with E-state index < -0.39 is 40.5 Å². The number of aliphatic hydroxyl groups is 2. The summed E-state index contributed by atoms with van der Waals surface area (Å²) in [7, 11) is 0. The van der Waals surface area contributed by atoms with E-state index in [1.165, 1.54) is 0 Å². The van der Waals surface area contributed by atoms with Crippen molar-refractivity contribution in [2.24, 2.45) is 23.0 Å². The topological polar surface area (TPSA) is 104 Å². The van der Waals surface area contributed by atoms with Gasteiger partial charge in [-0.05, 0) is 74.6 Å². The number of carbonyl (C=O) groups is 2. The Morgan fingerprint density at radius 2 is 0.816 bits per heavy atom. The van der Waals surface area contributed by atoms with E-state index in [-0.39, 0.29) is 11.8 Å². The van der Waals surface area contributed by atoms with Crippen LogP contribution in [0, 0.1) is 44.9 Å². The molecule has 258 valence electrons. The summed E-state index contributed by atoms with van der Waals surface area (Å²) < 4.78 is 0. The number of hydrogen-bond donors (Lipinski definition) is 3. The number of carbonyl (C=O) groups excluding carboxylic acids is 2. The number of benzene rings is 4. The van der Waals surface area contributed by atoms with Crippen molar-refractivity contribution in [3.8, 4) is 0 Å². The molecule has 1 aliphatic carbocycles. The standard InChI is InChI=1S/C43H52N2O4/c1-27(2)37(42(48,33-17-9-29(5)10-18-33)34-19-11-30(6)12-20-34)45(40(47)41(25-26-41)39(44)46)38(28(3)4)43(49,35-21-13-31(7)14-22-35)36-23-15-32(8)16-24-36/h9-24,27-28,37-38,48-49H,25-26H2,1-8H3,(H2,44,46)/t37-,38-/m1/s1. The first-order valence-electron chi connectivity index (χ1n) is 17.4. The Kier molecular flexibility index (Phi) is 9.98. The maximum absolute atomic E-state index is 15.4. The summed E-state index contributed by atoms with van der Waals surface area (Å²) in [5.41, 5.74) is 7.69. The highest BCUT2D eigenvalue weighted by Crippen LogP contribution is 2.52. The van der Waals surface area contributed by atoms with Gasteiger partial charge in [0.05, 0.1) is 12.1 Å². The zero-order valence-corrected chi connectivity index (χ0v) is 30.2. The summed E-state index contributed by atoms with van der Waals surface area (Å²) in [5, 5.41) is 27.1. The monoisotopic (exact) mass is 660 g/mol. The van der Waals surface area contributed by atoms with Gasteiger partial charge in [-0.15, -0.1) is 0 Å². The summed E-state index contributed by atoms with van der Waals surface area (Å²) in [6.07, 6.45) is 0.628. The second-order valence-electron chi connectivity index (χ2n) is 15.0. The van der Waals surface area contributed by atoms with Gasteiger partial charge in [0, 0.05) is 0 Å². The van der Waals surface area contributed by atoms with Gasteiger partial charge in [-0.3, -0.25) is 9.59 Å². The van der Waals surface area contributed by atoms with Crippen LogP contribution in [0.15, 0.2) is 97.1 Å². The lowest BCUT2D eigenvalue weighted by molar-refractivity contribution is -0.168. The van der Waals surface area contributed by atoms with Crippen LogP contribution in [0.5, 0.6) is 0 Å². The van der Waals surface area contributed by atoms with E-state index in [1.54, 1.807) is 4.90 Å². The van der Waals surface area contributed by atoms with Crippen molar-refractivity contribution in [1.29, 1.82) is 0 Å². The van der Waals surface area contributed by atoms with Gasteiger partial charge in [0.2, 0.25) is 11.8 Å². The highest BCUT2D eigenvalue weighted by atomic mass is 16.3. The third-order valence-corrected chi connectivity index (χ3v) is 10.6. The summed E-state index contributed by atoms with van der Waals surface area (Å²) in [6.45, 7) is 15.9. The minimum Gasteiger partial charge on any atom is -0.378 e. The second kappa shape index (κ2) is 13.6. The molecule has 0 saturated heterocycles. The molecular formula is C43H52N2O4. The minimum absolute atomic E-state index is 0.314. The first-order valence-corrected chi connectivity index (χ1v) is 17.4. The van der Waals surface area contributed by atoms with Crippen LogP contribution < -0.4 is 5.73 Å². The highest BCUT2D eigenvalue weighted by Gasteiger charge is 2.63. The molecule has 0 unspecified atom stereocenters. The van der Waals surface area contributed by atoms with Gasteiger partial charge in [0.25, 0.3) is 0 Å². The molecule has 1 aliphatic rings. The normalized spacial score (nSPS) is 15.6. The lowest BCUT2D eigenvalue weighted by Crippen LogP contribution is -2.67. The molecule has 6 nitrogen and oxygen atoms in total. The van der Waals surface area contributed by atoms with Crippen LogP contribution in [0.4, 0.5) is 0 Å². The van der Waals surface area contributed by atoms with Crippen molar-refractivity contribution in [1.82, 2.24) is 4.90 Å². The Balaban J connectivity index is 1.89. The van der Waals surface area contributed by atoms with Crippen LogP contribution in [-0.4, -0.2) is 39.0 Å². The van der Waals surface area contributed by atoms with Gasteiger partial charge < -0.3 is 20.8 Å². The molecule has 0 spiro atoms. The van der Waals surface area contributed by atoms with Crippen molar-refractivity contribution >= 4 is 11.8 Å². The van der Waals surface area contributed by atoms with Crippen LogP contribution in [0.3, 0.4) is 0 Å². The molecule has 1 saturated carbocycles. The molecule has 2 atom stereocenters. The highest BCUT2D eigenvalue weighted by molar-refractivity contribution is 6.07. The molecule has 6 heteroatoms. The fourth-order valence-corrected chi connectivity index (χ4v) is 7.62. The maximum Gasteiger partial charge on any atom is 0.239 e. The Morgan fingerprint density at radius 3 is 1.00 bits per heavy atom. The molecule has 4 N–H and O–H groups in total. The molecule has 0 bridgehead atoms. The molecule has 0 radical (unpaired) electrons. The lowest BCUT2D eigenvalue weighted by atomic mass is 9.69. The number of hydrogen-bond acceptors (Lipinski definition) is 4. The van der Waals surface area contributed by atoms with Gasteiger partial charge in [-0.25, -0.2) is 0 Å². The molecule has 1 fully saturated rings. The molecule has 0 heterocycles. The van der Waals surface area contributed by atoms with Crippen molar-refractivity contribution in [3.05, 3.63) is 142 Å². The van der Waals surface area contributed by atoms with Gasteiger partial charge in [-0.2, -0.15) is 0 Å². The quantitative estimate of drug-likeness (QED) is 0.140. The van der Waals surface area contributed by atoms with Crippen LogP contribution in [0.25, 0.3) is 0 Å². The van der Waals surface area contributed by atoms with Gasteiger partial charge in [0.1, 0.15) is 16.6 Å². The molecule has 4 aromatic rings. The van der Waals surface area contributed by atoms with E-state index in [2.05, 4.69) is 0 Å². The van der Waals surface area contributed by atoms with Crippen LogP contribution in [0.1, 0.15) is 85.0 Å². The average Bonchev–Trinajstić information content (AvgIpc) is 3.87. The number of nitrogens with two attached hydrogens (primary N) is 1. The smallest absolute Gasteiger partial charge is 0.239 e. The zero-order chi connectivity index (χ0) is 35.9. The number of amides is 2. The van der Waals surface area contributed by atoms with E-state index in [0.717, 1.165) is 22.3 Å². The number of aryl methyl sites for hydroxylation is 4. The van der Waals surface area contributed by atoms with Crippen LogP contribution in [0.2, 0.25) is 0 Å². The Morgan fingerprint density at radius 1 is 0.571 bits per heavy atom. The first-order chi connectivity index (χ1) is 23.1. The fraction of sp³-hybridized carbons (Fsp3) is 0.395. The van der Waals surface area contributed by atoms with E-state index in [0.29, 0.717) is 35.1 Å². The molecular weight excluding hydrogens is 608 g/mol. The summed E-state index contributed by atoms with van der Waals surface area (Å²) in [5.74, 6) is -1.84. The third-order valence-electron chi connectivity index (χ3n) is 10.6. The van der Waals surface area contributed by atoms with Crippen LogP contribution in [-0.2, 0) is 20.8 Å². The van der Waals surface area contributed by atoms with Gasteiger partial charge >= 0.3 is 0 Å². The molecule has 2 amide bonds. The lowest BCUT2D eigenvalue weighted by Gasteiger charge is -2.54. The summed E-state index contributed by atoms with van der Waals surface area (Å²) >= 11 is 0. The minimum atomic E-state index is -1.74. The predicted molar refractivity (Wildman–Crippen MR) is 196 cm³/mol. The molecule has 49 heavy (non-hydrogen) atoms. The van der Waals surface area contributed by atoms with Crippen molar-refractivity contribution in [3.63, 3.8) is 0 Å². The van der Waals surface area contributed by atoms with Crippen LogP contribution >= 0.6 is 0 Å². The van der Waals surface area contributed by atoms with Crippen molar-refractivity contribution in [2.45, 2.75) is 91.5 Å². The van der Waals surface area contributed by atoms with Crippen molar-refractivity contribution in [2.75, 3.05) is 0 Å². The van der Waals surface area contributed by atoms with E-state index >= 15 is 4.79 Å². The summed E-state index contributed by atoms with van der Waals surface area (Å²) in [6, 6.07) is 29.0. The number of nitrogens with zero attached hydrogens (tertiary/aromatic N) is 1. The Hall–Kier alpha value is -4.26. The number of rotatable bonds is 12. The summed E-state index contributed by atoms with van der Waals surface area (Å²) in [4.78, 5) is 30.3.